The van der Waals surface area contributed by atoms with Crippen molar-refractivity contribution in [3.05, 3.63) is 59.6 Å². The fourth-order valence-corrected chi connectivity index (χ4v) is 3.28. The van der Waals surface area contributed by atoms with Gasteiger partial charge in [0.15, 0.2) is 0 Å². The summed E-state index contributed by atoms with van der Waals surface area (Å²) in [5.74, 6) is -0.0267. The van der Waals surface area contributed by atoms with Gasteiger partial charge in [0, 0.05) is 22.3 Å². The van der Waals surface area contributed by atoms with Crippen molar-refractivity contribution in [2.45, 2.75) is 12.8 Å². The summed E-state index contributed by atoms with van der Waals surface area (Å²) in [7, 11) is 0. The standard InChI is InChI=1S/C20H22ClN3O2/c21-16-5-4-8-18(13-16)22-19(25)14-24-11-9-15(10-12-24)20(26)23-17-6-2-1-3-7-17/h1-8,13,15H,9-12,14H2,(H,22,25)(H,23,26). The van der Waals surface area contributed by atoms with E-state index in [2.05, 4.69) is 15.5 Å². The van der Waals surface area contributed by atoms with Gasteiger partial charge in [0.2, 0.25) is 11.8 Å². The van der Waals surface area contributed by atoms with Gasteiger partial charge in [0.1, 0.15) is 0 Å². The van der Waals surface area contributed by atoms with E-state index < -0.39 is 0 Å². The molecule has 1 fully saturated rings. The van der Waals surface area contributed by atoms with E-state index in [1.54, 1.807) is 18.2 Å². The molecule has 0 atom stereocenters. The Morgan fingerprint density at radius 3 is 2.35 bits per heavy atom. The van der Waals surface area contributed by atoms with Crippen LogP contribution in [-0.2, 0) is 9.59 Å². The minimum absolute atomic E-state index is 0.0116. The number of halogens is 1. The molecule has 3 rings (SSSR count). The number of carbonyl (C=O) groups is 2. The lowest BCUT2D eigenvalue weighted by Gasteiger charge is -2.30. The number of rotatable bonds is 5. The topological polar surface area (TPSA) is 61.4 Å². The highest BCUT2D eigenvalue weighted by Crippen LogP contribution is 2.20. The Morgan fingerprint density at radius 2 is 1.65 bits per heavy atom. The lowest BCUT2D eigenvalue weighted by atomic mass is 9.96. The third-order valence-corrected chi connectivity index (χ3v) is 4.71. The highest BCUT2D eigenvalue weighted by Gasteiger charge is 2.26. The predicted octanol–water partition coefficient (Wildman–Crippen LogP) is 3.63. The molecular formula is C20H22ClN3O2. The minimum atomic E-state index is -0.0700. The van der Waals surface area contributed by atoms with Gasteiger partial charge in [-0.15, -0.1) is 0 Å². The van der Waals surface area contributed by atoms with Crippen molar-refractivity contribution in [3.8, 4) is 0 Å². The first-order valence-corrected chi connectivity index (χ1v) is 9.11. The number of para-hydroxylation sites is 1. The van der Waals surface area contributed by atoms with E-state index in [4.69, 9.17) is 11.6 Å². The summed E-state index contributed by atoms with van der Waals surface area (Å²) in [5.41, 5.74) is 1.51. The van der Waals surface area contributed by atoms with Crippen molar-refractivity contribution >= 4 is 34.8 Å². The van der Waals surface area contributed by atoms with Crippen LogP contribution in [0.15, 0.2) is 54.6 Å². The lowest BCUT2D eigenvalue weighted by Crippen LogP contribution is -2.41. The number of amides is 2. The first-order valence-electron chi connectivity index (χ1n) is 8.74. The van der Waals surface area contributed by atoms with Gasteiger partial charge in [-0.25, -0.2) is 0 Å². The fraction of sp³-hybridized carbons (Fsp3) is 0.300. The largest absolute Gasteiger partial charge is 0.326 e. The van der Waals surface area contributed by atoms with E-state index in [0.29, 0.717) is 17.3 Å². The minimum Gasteiger partial charge on any atom is -0.326 e. The summed E-state index contributed by atoms with van der Waals surface area (Å²) in [5, 5.41) is 6.40. The Labute approximate surface area is 158 Å². The van der Waals surface area contributed by atoms with E-state index >= 15 is 0 Å². The van der Waals surface area contributed by atoms with Crippen LogP contribution in [0.2, 0.25) is 5.02 Å². The summed E-state index contributed by atoms with van der Waals surface area (Å²) < 4.78 is 0. The Balaban J connectivity index is 1.43. The Morgan fingerprint density at radius 1 is 0.962 bits per heavy atom. The number of benzene rings is 2. The van der Waals surface area contributed by atoms with Crippen LogP contribution >= 0.6 is 11.6 Å². The van der Waals surface area contributed by atoms with Crippen LogP contribution in [0.1, 0.15) is 12.8 Å². The summed E-state index contributed by atoms with van der Waals surface area (Å²) in [6.45, 7) is 1.78. The number of anilines is 2. The third kappa shape index (κ3) is 5.31. The molecule has 0 aromatic heterocycles. The number of nitrogens with zero attached hydrogens (tertiary/aromatic N) is 1. The number of hydrogen-bond acceptors (Lipinski definition) is 3. The van der Waals surface area contributed by atoms with Crippen molar-refractivity contribution in [1.82, 2.24) is 4.90 Å². The number of nitrogens with one attached hydrogen (secondary N) is 2. The number of likely N-dealkylation sites (tertiary alicyclic amines) is 1. The Hall–Kier alpha value is -2.37. The highest BCUT2D eigenvalue weighted by atomic mass is 35.5. The zero-order chi connectivity index (χ0) is 18.4. The van der Waals surface area contributed by atoms with E-state index in [1.165, 1.54) is 0 Å². The monoisotopic (exact) mass is 371 g/mol. The maximum absolute atomic E-state index is 12.3. The molecule has 0 spiro atoms. The molecule has 6 heteroatoms. The van der Waals surface area contributed by atoms with Gasteiger partial charge < -0.3 is 10.6 Å². The molecule has 1 heterocycles. The molecule has 26 heavy (non-hydrogen) atoms. The van der Waals surface area contributed by atoms with Crippen molar-refractivity contribution in [2.75, 3.05) is 30.3 Å². The van der Waals surface area contributed by atoms with Crippen LogP contribution in [0.5, 0.6) is 0 Å². The van der Waals surface area contributed by atoms with Gasteiger partial charge in [-0.1, -0.05) is 35.9 Å². The molecule has 0 saturated carbocycles. The van der Waals surface area contributed by atoms with Crippen LogP contribution < -0.4 is 10.6 Å². The molecule has 136 valence electrons. The second kappa shape index (κ2) is 8.83. The van der Waals surface area contributed by atoms with Crippen LogP contribution in [-0.4, -0.2) is 36.3 Å². The molecule has 2 aromatic rings. The molecular weight excluding hydrogens is 350 g/mol. The average molecular weight is 372 g/mol. The number of carbonyl (C=O) groups excluding carboxylic acids is 2. The molecule has 1 aliphatic heterocycles. The van der Waals surface area contributed by atoms with Gasteiger partial charge in [-0.05, 0) is 56.3 Å². The van der Waals surface area contributed by atoms with Crippen molar-refractivity contribution < 1.29 is 9.59 Å². The van der Waals surface area contributed by atoms with Gasteiger partial charge >= 0.3 is 0 Å². The molecule has 1 saturated heterocycles. The molecule has 2 aromatic carbocycles. The van der Waals surface area contributed by atoms with Crippen molar-refractivity contribution in [2.24, 2.45) is 5.92 Å². The smallest absolute Gasteiger partial charge is 0.238 e. The molecule has 0 bridgehead atoms. The normalized spacial score (nSPS) is 15.4. The highest BCUT2D eigenvalue weighted by molar-refractivity contribution is 6.30. The third-order valence-electron chi connectivity index (χ3n) is 4.48. The second-order valence-electron chi connectivity index (χ2n) is 6.46. The van der Waals surface area contributed by atoms with Crippen LogP contribution in [0.3, 0.4) is 0 Å². The SMILES string of the molecule is O=C(CN1CCC(C(=O)Nc2ccccc2)CC1)Nc1cccc(Cl)c1. The Bertz CT molecular complexity index is 759. The molecule has 2 N–H and O–H groups in total. The van der Waals surface area contributed by atoms with E-state index in [0.717, 1.165) is 31.6 Å². The van der Waals surface area contributed by atoms with E-state index in [9.17, 15) is 9.59 Å². The second-order valence-corrected chi connectivity index (χ2v) is 6.90. The van der Waals surface area contributed by atoms with Crippen molar-refractivity contribution in [3.63, 3.8) is 0 Å². The predicted molar refractivity (Wildman–Crippen MR) is 104 cm³/mol. The van der Waals surface area contributed by atoms with Crippen LogP contribution in [0.25, 0.3) is 0 Å². The molecule has 5 nitrogen and oxygen atoms in total. The molecule has 0 radical (unpaired) electrons. The summed E-state index contributed by atoms with van der Waals surface area (Å²) in [6.07, 6.45) is 1.51. The Kier molecular flexibility index (Phi) is 6.26. The molecule has 0 unspecified atom stereocenters. The maximum Gasteiger partial charge on any atom is 0.238 e. The summed E-state index contributed by atoms with van der Waals surface area (Å²) >= 11 is 5.92. The summed E-state index contributed by atoms with van der Waals surface area (Å²) in [6, 6.07) is 16.6. The molecule has 0 aliphatic carbocycles. The molecule has 2 amide bonds. The van der Waals surface area contributed by atoms with Gasteiger partial charge in [0.25, 0.3) is 0 Å². The zero-order valence-corrected chi connectivity index (χ0v) is 15.2. The summed E-state index contributed by atoms with van der Waals surface area (Å²) in [4.78, 5) is 26.6. The van der Waals surface area contributed by atoms with Crippen molar-refractivity contribution in [1.29, 1.82) is 0 Å². The van der Waals surface area contributed by atoms with Gasteiger partial charge in [0.05, 0.1) is 6.54 Å². The first-order chi connectivity index (χ1) is 12.6. The first kappa shape index (κ1) is 18.4. The van der Waals surface area contributed by atoms with E-state index in [-0.39, 0.29) is 17.7 Å². The fourth-order valence-electron chi connectivity index (χ4n) is 3.09. The van der Waals surface area contributed by atoms with Gasteiger partial charge in [-0.3, -0.25) is 14.5 Å². The quantitative estimate of drug-likeness (QED) is 0.843. The number of hydrogen-bond donors (Lipinski definition) is 2. The van der Waals surface area contributed by atoms with Gasteiger partial charge in [-0.2, -0.15) is 0 Å². The van der Waals surface area contributed by atoms with Crippen LogP contribution in [0, 0.1) is 5.92 Å². The maximum atomic E-state index is 12.3. The molecule has 1 aliphatic rings. The lowest BCUT2D eigenvalue weighted by molar-refractivity contribution is -0.121. The van der Waals surface area contributed by atoms with E-state index in [1.807, 2.05) is 36.4 Å². The zero-order valence-electron chi connectivity index (χ0n) is 14.5. The van der Waals surface area contributed by atoms with Crippen LogP contribution in [0.4, 0.5) is 11.4 Å². The average Bonchev–Trinajstić information content (AvgIpc) is 2.63. The number of piperidine rings is 1.